The first kappa shape index (κ1) is 17.4. The molecule has 0 spiro atoms. The van der Waals surface area contributed by atoms with Gasteiger partial charge in [0.1, 0.15) is 0 Å². The minimum atomic E-state index is -3.06. The van der Waals surface area contributed by atoms with Crippen LogP contribution in [0.1, 0.15) is 26.1 Å². The third-order valence-electron chi connectivity index (χ3n) is 4.45. The number of carbonyl (C=O) groups is 1. The van der Waals surface area contributed by atoms with Gasteiger partial charge in [-0.2, -0.15) is 8.78 Å². The second kappa shape index (κ2) is 6.46. The van der Waals surface area contributed by atoms with Gasteiger partial charge in [-0.3, -0.25) is 4.79 Å². The zero-order chi connectivity index (χ0) is 18.2. The summed E-state index contributed by atoms with van der Waals surface area (Å²) >= 11 is 0. The highest BCUT2D eigenvalue weighted by Gasteiger charge is 2.32. The van der Waals surface area contributed by atoms with Crippen LogP contribution in [0.4, 0.5) is 14.5 Å². The molecule has 0 N–H and O–H groups in total. The zero-order valence-corrected chi connectivity index (χ0v) is 14.5. The summed E-state index contributed by atoms with van der Waals surface area (Å²) in [5, 5.41) is 0. The Hall–Kier alpha value is -2.44. The quantitative estimate of drug-likeness (QED) is 0.846. The Morgan fingerprint density at radius 2 is 2.24 bits per heavy atom. The Labute approximate surface area is 144 Å². The van der Waals surface area contributed by atoms with E-state index in [0.717, 1.165) is 13.3 Å². The number of benzene rings is 1. The molecule has 1 atom stereocenters. The van der Waals surface area contributed by atoms with E-state index in [1.807, 2.05) is 6.08 Å². The summed E-state index contributed by atoms with van der Waals surface area (Å²) in [5.74, 6) is -3.33. The summed E-state index contributed by atoms with van der Waals surface area (Å²) in [6, 6.07) is 5.16. The number of hydrogen-bond acceptors (Lipinski definition) is 3. The van der Waals surface area contributed by atoms with E-state index in [0.29, 0.717) is 29.9 Å². The molecule has 1 aliphatic rings. The first-order valence-electron chi connectivity index (χ1n) is 8.18. The molecule has 0 saturated carbocycles. The highest BCUT2D eigenvalue weighted by molar-refractivity contribution is 5.93. The number of anilines is 1. The fraction of sp³-hybridized carbons (Fsp3) is 0.444. The molecule has 0 saturated heterocycles. The Morgan fingerprint density at radius 1 is 1.48 bits per heavy atom. The number of carbonyl (C=O) groups excluding carboxylic acids is 1. The van der Waals surface area contributed by atoms with Gasteiger partial charge < -0.3 is 14.2 Å². The van der Waals surface area contributed by atoms with Crippen molar-refractivity contribution >= 4 is 22.6 Å². The van der Waals surface area contributed by atoms with E-state index in [9.17, 15) is 13.6 Å². The third-order valence-corrected chi connectivity index (χ3v) is 4.45. The van der Waals surface area contributed by atoms with Crippen molar-refractivity contribution in [3.63, 3.8) is 0 Å². The van der Waals surface area contributed by atoms with Gasteiger partial charge in [0, 0.05) is 39.0 Å². The summed E-state index contributed by atoms with van der Waals surface area (Å²) in [7, 11) is 1.64. The smallest absolute Gasteiger partial charge is 0.302 e. The van der Waals surface area contributed by atoms with Crippen molar-refractivity contribution < 1.29 is 18.3 Å². The van der Waals surface area contributed by atoms with E-state index in [4.69, 9.17) is 4.74 Å². The standard InChI is InChI=1S/C18H21F2N3O2/c1-12(24)22(3)14-4-5-16-15(10-14)21-17(18(2,19)20)23(16)11-13-6-8-25-9-7-13/h4-6,8,10,13H,7,9,11H2,1-3H3. The SMILES string of the molecule is CC(=O)N(C)c1ccc2c(c1)nc(C(C)(F)F)n2CC1C=COCC1. The molecule has 5 nitrogen and oxygen atoms in total. The molecule has 1 aliphatic heterocycles. The van der Waals surface area contributed by atoms with E-state index < -0.39 is 5.92 Å². The first-order chi connectivity index (χ1) is 11.8. The molecule has 0 radical (unpaired) electrons. The minimum Gasteiger partial charge on any atom is -0.501 e. The second-order valence-corrected chi connectivity index (χ2v) is 6.43. The van der Waals surface area contributed by atoms with Gasteiger partial charge in [0.2, 0.25) is 5.91 Å². The molecule has 134 valence electrons. The van der Waals surface area contributed by atoms with Crippen molar-refractivity contribution in [2.24, 2.45) is 5.92 Å². The summed E-state index contributed by atoms with van der Waals surface area (Å²) in [4.78, 5) is 17.2. The molecule has 3 rings (SSSR count). The lowest BCUT2D eigenvalue weighted by atomic mass is 10.0. The highest BCUT2D eigenvalue weighted by Crippen LogP contribution is 2.32. The van der Waals surface area contributed by atoms with Crippen LogP contribution in [0.5, 0.6) is 0 Å². The van der Waals surface area contributed by atoms with Gasteiger partial charge in [-0.25, -0.2) is 4.98 Å². The average molecular weight is 349 g/mol. The van der Waals surface area contributed by atoms with Crippen molar-refractivity contribution in [3.05, 3.63) is 36.4 Å². The largest absolute Gasteiger partial charge is 0.501 e. The Morgan fingerprint density at radius 3 is 2.84 bits per heavy atom. The summed E-state index contributed by atoms with van der Waals surface area (Å²) < 4.78 is 35.0. The maximum absolute atomic E-state index is 14.1. The number of aromatic nitrogens is 2. The van der Waals surface area contributed by atoms with Crippen molar-refractivity contribution in [3.8, 4) is 0 Å². The number of halogens is 2. The Balaban J connectivity index is 2.07. The number of nitrogens with zero attached hydrogens (tertiary/aromatic N) is 3. The molecule has 0 aliphatic carbocycles. The monoisotopic (exact) mass is 349 g/mol. The van der Waals surface area contributed by atoms with Gasteiger partial charge in [-0.15, -0.1) is 0 Å². The number of hydrogen-bond donors (Lipinski definition) is 0. The minimum absolute atomic E-state index is 0.117. The molecule has 7 heteroatoms. The Bertz CT molecular complexity index is 824. The van der Waals surface area contributed by atoms with Crippen LogP contribution in [0.15, 0.2) is 30.5 Å². The summed E-state index contributed by atoms with van der Waals surface area (Å²) in [5.41, 5.74) is 1.72. The molecule has 0 fully saturated rings. The lowest BCUT2D eigenvalue weighted by molar-refractivity contribution is -0.116. The van der Waals surface area contributed by atoms with E-state index in [1.54, 1.807) is 36.1 Å². The molecule has 25 heavy (non-hydrogen) atoms. The van der Waals surface area contributed by atoms with Crippen LogP contribution in [0.25, 0.3) is 11.0 Å². The van der Waals surface area contributed by atoms with Gasteiger partial charge in [0.25, 0.3) is 0 Å². The lowest BCUT2D eigenvalue weighted by Crippen LogP contribution is -2.22. The maximum atomic E-state index is 14.1. The zero-order valence-electron chi connectivity index (χ0n) is 14.5. The second-order valence-electron chi connectivity index (χ2n) is 6.43. The lowest BCUT2D eigenvalue weighted by Gasteiger charge is -2.21. The first-order valence-corrected chi connectivity index (χ1v) is 8.18. The number of amides is 1. The van der Waals surface area contributed by atoms with Crippen LogP contribution in [-0.4, -0.2) is 29.1 Å². The highest BCUT2D eigenvalue weighted by atomic mass is 19.3. The van der Waals surface area contributed by atoms with Crippen LogP contribution in [0, 0.1) is 5.92 Å². The van der Waals surface area contributed by atoms with E-state index >= 15 is 0 Å². The van der Waals surface area contributed by atoms with Crippen molar-refractivity contribution in [1.29, 1.82) is 0 Å². The van der Waals surface area contributed by atoms with Crippen LogP contribution in [-0.2, 0) is 22.0 Å². The number of fused-ring (bicyclic) bond motifs is 1. The number of ether oxygens (including phenoxy) is 1. The normalized spacial score (nSPS) is 17.6. The third kappa shape index (κ3) is 3.50. The number of imidazole rings is 1. The van der Waals surface area contributed by atoms with Crippen molar-refractivity contribution in [2.45, 2.75) is 32.7 Å². The average Bonchev–Trinajstić information content (AvgIpc) is 2.93. The molecule has 1 unspecified atom stereocenters. The van der Waals surface area contributed by atoms with Crippen LogP contribution < -0.4 is 4.90 Å². The molecule has 2 heterocycles. The molecule has 1 amide bonds. The topological polar surface area (TPSA) is 47.4 Å². The van der Waals surface area contributed by atoms with E-state index in [1.165, 1.54) is 11.8 Å². The van der Waals surface area contributed by atoms with E-state index in [-0.39, 0.29) is 17.6 Å². The summed E-state index contributed by atoms with van der Waals surface area (Å²) in [6.07, 6.45) is 4.29. The number of rotatable bonds is 4. The van der Waals surface area contributed by atoms with Gasteiger partial charge in [-0.05, 0) is 30.7 Å². The van der Waals surface area contributed by atoms with Crippen LogP contribution in [0.3, 0.4) is 0 Å². The predicted octanol–water partition coefficient (Wildman–Crippen LogP) is 3.68. The molecule has 0 bridgehead atoms. The van der Waals surface area contributed by atoms with Gasteiger partial charge in [-0.1, -0.05) is 0 Å². The predicted molar refractivity (Wildman–Crippen MR) is 91.6 cm³/mol. The fourth-order valence-electron chi connectivity index (χ4n) is 2.97. The van der Waals surface area contributed by atoms with Crippen LogP contribution >= 0.6 is 0 Å². The molecular weight excluding hydrogens is 328 g/mol. The molecular formula is C18H21F2N3O2. The Kier molecular flexibility index (Phi) is 4.49. The van der Waals surface area contributed by atoms with Gasteiger partial charge >= 0.3 is 5.92 Å². The molecule has 1 aromatic heterocycles. The summed E-state index contributed by atoms with van der Waals surface area (Å²) in [6.45, 7) is 3.30. The number of allylic oxidation sites excluding steroid dienone is 1. The maximum Gasteiger partial charge on any atom is 0.302 e. The molecule has 2 aromatic rings. The van der Waals surface area contributed by atoms with Gasteiger partial charge in [0.05, 0.1) is 23.9 Å². The van der Waals surface area contributed by atoms with Gasteiger partial charge in [0.15, 0.2) is 5.82 Å². The van der Waals surface area contributed by atoms with Crippen molar-refractivity contribution in [1.82, 2.24) is 9.55 Å². The number of alkyl halides is 2. The van der Waals surface area contributed by atoms with Crippen molar-refractivity contribution in [2.75, 3.05) is 18.6 Å². The molecule has 1 aromatic carbocycles. The fourth-order valence-corrected chi connectivity index (χ4v) is 2.97. The van der Waals surface area contributed by atoms with Crippen LogP contribution in [0.2, 0.25) is 0 Å². The van der Waals surface area contributed by atoms with E-state index in [2.05, 4.69) is 4.98 Å².